The van der Waals surface area contributed by atoms with Gasteiger partial charge in [0.25, 0.3) is 0 Å². The summed E-state index contributed by atoms with van der Waals surface area (Å²) in [6, 6.07) is 18.0. The number of hydrogen-bond acceptors (Lipinski definition) is 5. The maximum Gasteiger partial charge on any atom is 0.234 e. The Labute approximate surface area is 195 Å². The molecule has 0 unspecified atom stereocenters. The fourth-order valence-electron chi connectivity index (χ4n) is 4.06. The van der Waals surface area contributed by atoms with Gasteiger partial charge in [0.1, 0.15) is 10.1 Å². The van der Waals surface area contributed by atoms with Crippen molar-refractivity contribution in [3.05, 3.63) is 60.2 Å². The number of benzene rings is 2. The second kappa shape index (κ2) is 10.5. The van der Waals surface area contributed by atoms with Crippen molar-refractivity contribution in [1.29, 1.82) is 0 Å². The Kier molecular flexibility index (Phi) is 8.00. The van der Waals surface area contributed by atoms with Crippen molar-refractivity contribution in [3.63, 3.8) is 0 Å². The van der Waals surface area contributed by atoms with E-state index in [0.29, 0.717) is 10.2 Å². The Morgan fingerprint density at radius 1 is 1.10 bits per heavy atom. The normalized spacial score (nSPS) is 18.4. The highest BCUT2D eigenvalue weighted by Gasteiger charge is 2.42. The molecule has 0 radical (unpaired) electrons. The number of ether oxygens (including phenoxy) is 1. The van der Waals surface area contributed by atoms with E-state index in [9.17, 15) is 4.79 Å². The van der Waals surface area contributed by atoms with Crippen LogP contribution >= 0.6 is 24.0 Å². The average Bonchev–Trinajstić information content (AvgIpc) is 3.15. The topological polar surface area (TPSA) is 41.6 Å². The summed E-state index contributed by atoms with van der Waals surface area (Å²) in [6.07, 6.45) is 0. The molecule has 0 spiro atoms. The first-order valence-corrected chi connectivity index (χ1v) is 12.2. The number of carbonyl (C=O) groups is 1. The third-order valence-corrected chi connectivity index (χ3v) is 7.35. The van der Waals surface area contributed by atoms with Crippen LogP contribution in [-0.2, 0) is 4.79 Å². The van der Waals surface area contributed by atoms with Gasteiger partial charge >= 0.3 is 0 Å². The van der Waals surface area contributed by atoms with E-state index >= 15 is 0 Å². The van der Waals surface area contributed by atoms with Crippen LogP contribution in [0.15, 0.2) is 54.6 Å². The maximum absolute atomic E-state index is 14.0. The van der Waals surface area contributed by atoms with Gasteiger partial charge < -0.3 is 10.1 Å². The van der Waals surface area contributed by atoms with E-state index < -0.39 is 0 Å². The Morgan fingerprint density at radius 3 is 2.29 bits per heavy atom. The lowest BCUT2D eigenvalue weighted by Gasteiger charge is -2.36. The Balaban J connectivity index is 1.99. The Bertz CT molecular complexity index is 884. The predicted molar refractivity (Wildman–Crippen MR) is 135 cm³/mol. The summed E-state index contributed by atoms with van der Waals surface area (Å²) in [5.41, 5.74) is 2.04. The monoisotopic (exact) mass is 456 g/mol. The van der Waals surface area contributed by atoms with E-state index in [1.54, 1.807) is 18.9 Å². The van der Waals surface area contributed by atoms with Crippen LogP contribution in [0.2, 0.25) is 0 Å². The quantitative estimate of drug-likeness (QED) is 0.493. The molecule has 0 bridgehead atoms. The molecule has 1 saturated heterocycles. The lowest BCUT2D eigenvalue weighted by Crippen LogP contribution is -2.48. The van der Waals surface area contributed by atoms with Gasteiger partial charge in [-0.1, -0.05) is 82.0 Å². The SMILES string of the molecule is COc1ccc(N[C@H](c2ccccc2)[C@H](C(=O)N2C(=S)SC[C@@H]2C(C)C)C(C)C)cc1. The smallest absolute Gasteiger partial charge is 0.234 e. The molecule has 1 aliphatic heterocycles. The fourth-order valence-corrected chi connectivity index (χ4v) is 5.70. The molecule has 3 rings (SSSR count). The first-order chi connectivity index (χ1) is 14.8. The molecule has 0 aliphatic carbocycles. The van der Waals surface area contributed by atoms with Crippen molar-refractivity contribution in [2.24, 2.45) is 17.8 Å². The van der Waals surface area contributed by atoms with Crippen molar-refractivity contribution < 1.29 is 9.53 Å². The van der Waals surface area contributed by atoms with Crippen LogP contribution in [0, 0.1) is 17.8 Å². The highest BCUT2D eigenvalue weighted by atomic mass is 32.2. The molecule has 2 aromatic rings. The van der Waals surface area contributed by atoms with E-state index in [-0.39, 0.29) is 29.8 Å². The maximum atomic E-state index is 14.0. The first-order valence-electron chi connectivity index (χ1n) is 10.8. The molecule has 31 heavy (non-hydrogen) atoms. The number of thioether (sulfide) groups is 1. The van der Waals surface area contributed by atoms with Gasteiger partial charge in [-0.15, -0.1) is 0 Å². The van der Waals surface area contributed by atoms with Crippen LogP contribution in [0.25, 0.3) is 0 Å². The number of anilines is 1. The number of hydrogen-bond donors (Lipinski definition) is 1. The van der Waals surface area contributed by atoms with Gasteiger partial charge in [0.15, 0.2) is 0 Å². The molecule has 4 nitrogen and oxygen atoms in total. The van der Waals surface area contributed by atoms with Gasteiger partial charge in [-0.3, -0.25) is 9.69 Å². The molecule has 6 heteroatoms. The molecule has 0 aromatic heterocycles. The molecule has 3 atom stereocenters. The summed E-state index contributed by atoms with van der Waals surface area (Å²) >= 11 is 7.23. The number of nitrogens with one attached hydrogen (secondary N) is 1. The van der Waals surface area contributed by atoms with E-state index in [4.69, 9.17) is 17.0 Å². The van der Waals surface area contributed by atoms with Crippen LogP contribution in [-0.4, -0.2) is 34.0 Å². The number of nitrogens with zero attached hydrogens (tertiary/aromatic N) is 1. The highest BCUT2D eigenvalue weighted by molar-refractivity contribution is 8.23. The highest BCUT2D eigenvalue weighted by Crippen LogP contribution is 2.37. The van der Waals surface area contributed by atoms with E-state index in [2.05, 4.69) is 45.1 Å². The van der Waals surface area contributed by atoms with Crippen molar-refractivity contribution in [2.75, 3.05) is 18.2 Å². The van der Waals surface area contributed by atoms with Gasteiger partial charge in [0.2, 0.25) is 5.91 Å². The van der Waals surface area contributed by atoms with Crippen LogP contribution in [0.1, 0.15) is 39.3 Å². The average molecular weight is 457 g/mol. The molecule has 2 aromatic carbocycles. The summed E-state index contributed by atoms with van der Waals surface area (Å²) in [4.78, 5) is 15.9. The number of amides is 1. The number of carbonyl (C=O) groups excluding carboxylic acids is 1. The van der Waals surface area contributed by atoms with Gasteiger partial charge in [0.05, 0.1) is 19.1 Å². The van der Waals surface area contributed by atoms with Gasteiger partial charge in [-0.2, -0.15) is 0 Å². The molecule has 1 fully saturated rings. The summed E-state index contributed by atoms with van der Waals surface area (Å²) in [7, 11) is 1.66. The third-order valence-electron chi connectivity index (χ3n) is 5.85. The predicted octanol–water partition coefficient (Wildman–Crippen LogP) is 6.01. The van der Waals surface area contributed by atoms with Crippen LogP contribution in [0.5, 0.6) is 5.75 Å². The van der Waals surface area contributed by atoms with E-state index in [0.717, 1.165) is 22.8 Å². The molecule has 1 heterocycles. The second-order valence-corrected chi connectivity index (χ2v) is 10.3. The van der Waals surface area contributed by atoms with Crippen molar-refractivity contribution in [2.45, 2.75) is 39.8 Å². The summed E-state index contributed by atoms with van der Waals surface area (Å²) in [6.45, 7) is 8.55. The Morgan fingerprint density at radius 2 is 1.74 bits per heavy atom. The molecule has 1 amide bonds. The lowest BCUT2D eigenvalue weighted by molar-refractivity contribution is -0.135. The van der Waals surface area contributed by atoms with Gasteiger partial charge in [0, 0.05) is 17.5 Å². The lowest BCUT2D eigenvalue weighted by atomic mass is 9.82. The number of methoxy groups -OCH3 is 1. The molecule has 0 saturated carbocycles. The van der Waals surface area contributed by atoms with Crippen molar-refractivity contribution >= 4 is 39.9 Å². The fraction of sp³-hybridized carbons (Fsp3) is 0.440. The zero-order valence-electron chi connectivity index (χ0n) is 18.9. The summed E-state index contributed by atoms with van der Waals surface area (Å²) in [5.74, 6) is 2.01. The first kappa shape index (κ1) is 23.6. The molecule has 1 N–H and O–H groups in total. The number of rotatable bonds is 8. The molecule has 166 valence electrons. The van der Waals surface area contributed by atoms with Crippen LogP contribution in [0.3, 0.4) is 0 Å². The molecular formula is C25H32N2O2S2. The van der Waals surface area contributed by atoms with E-state index in [1.807, 2.05) is 47.4 Å². The zero-order chi connectivity index (χ0) is 22.5. The standard InChI is InChI=1S/C25H32N2O2S2/c1-16(2)21-15-31-25(30)27(21)24(28)22(17(3)4)23(18-9-7-6-8-10-18)26-19-11-13-20(29-5)14-12-19/h6-14,16-17,21-23,26H,15H2,1-5H3/t21-,22-,23-/m1/s1. The minimum atomic E-state index is -0.262. The van der Waals surface area contributed by atoms with Crippen LogP contribution < -0.4 is 10.1 Å². The third kappa shape index (κ3) is 5.42. The minimum Gasteiger partial charge on any atom is -0.497 e. The zero-order valence-corrected chi connectivity index (χ0v) is 20.5. The Hall–Kier alpha value is -2.05. The van der Waals surface area contributed by atoms with E-state index in [1.165, 1.54) is 0 Å². The number of thiocarbonyl (C=S) groups is 1. The minimum absolute atomic E-state index is 0.110. The van der Waals surface area contributed by atoms with Crippen molar-refractivity contribution in [1.82, 2.24) is 4.90 Å². The second-order valence-electron chi connectivity index (χ2n) is 8.63. The molecule has 1 aliphatic rings. The largest absolute Gasteiger partial charge is 0.497 e. The summed E-state index contributed by atoms with van der Waals surface area (Å²) in [5, 5.41) is 3.64. The molecular weight excluding hydrogens is 424 g/mol. The van der Waals surface area contributed by atoms with Crippen molar-refractivity contribution in [3.8, 4) is 5.75 Å². The van der Waals surface area contributed by atoms with Crippen LogP contribution in [0.4, 0.5) is 5.69 Å². The van der Waals surface area contributed by atoms with Gasteiger partial charge in [-0.05, 0) is 41.7 Å². The van der Waals surface area contributed by atoms with Gasteiger partial charge in [-0.25, -0.2) is 0 Å². The summed E-state index contributed by atoms with van der Waals surface area (Å²) < 4.78 is 5.99.